The highest BCUT2D eigenvalue weighted by Crippen LogP contribution is 2.23. The zero-order valence-electron chi connectivity index (χ0n) is 16.9. The van der Waals surface area contributed by atoms with Crippen molar-refractivity contribution in [1.82, 2.24) is 4.98 Å². The third-order valence-corrected chi connectivity index (χ3v) is 5.19. The summed E-state index contributed by atoms with van der Waals surface area (Å²) in [6, 6.07) is 13.5. The normalized spacial score (nSPS) is 11.4. The van der Waals surface area contributed by atoms with E-state index in [0.29, 0.717) is 5.56 Å². The van der Waals surface area contributed by atoms with Crippen LogP contribution in [0.5, 0.6) is 0 Å². The van der Waals surface area contributed by atoms with Crippen LogP contribution in [-0.2, 0) is 16.0 Å². The van der Waals surface area contributed by atoms with Crippen LogP contribution < -0.4 is 0 Å². The first-order valence-electron chi connectivity index (χ1n) is 9.55. The molecule has 2 aromatic carbocycles. The van der Waals surface area contributed by atoms with E-state index in [1.54, 1.807) is 11.8 Å². The van der Waals surface area contributed by atoms with Gasteiger partial charge in [0, 0.05) is 5.75 Å². The number of thioether (sulfide) groups is 1. The lowest BCUT2D eigenvalue weighted by atomic mass is 9.96. The molecule has 0 saturated heterocycles. The second kappa shape index (κ2) is 11.8. The number of hydrogen-bond acceptors (Lipinski definition) is 6. The van der Waals surface area contributed by atoms with Gasteiger partial charge in [-0.2, -0.15) is 0 Å². The van der Waals surface area contributed by atoms with Crippen molar-refractivity contribution in [2.24, 2.45) is 5.92 Å². The topological polar surface area (TPSA) is 138 Å². The number of hydrogen-bond donors (Lipinski definition) is 3. The number of rotatable bonds is 9. The van der Waals surface area contributed by atoms with Gasteiger partial charge in [-0.05, 0) is 42.7 Å². The molecule has 3 N–H and O–H groups in total. The minimum Gasteiger partial charge on any atom is -0.481 e. The number of carbonyl (C=O) groups is 3. The molecule has 0 aliphatic rings. The standard InChI is InChI=1S/C12H12O6.C10H11NOS/c13-10(14)6-9(12(17)18)5-7-1-3-8(4-2-7)11(15)16;1-2-7-13-10-11-8-5-3-4-6-9(8)12-10/h1-4,9H,5-6H2,(H,13,14)(H,15,16)(H,17,18);3-6H,2,7H2,1H3. The van der Waals surface area contributed by atoms with Crippen LogP contribution in [0.1, 0.15) is 35.7 Å². The predicted molar refractivity (Wildman–Crippen MR) is 116 cm³/mol. The lowest BCUT2D eigenvalue weighted by molar-refractivity contribution is -0.148. The summed E-state index contributed by atoms with van der Waals surface area (Å²) in [6.45, 7) is 2.15. The number of benzene rings is 2. The summed E-state index contributed by atoms with van der Waals surface area (Å²) in [7, 11) is 0. The fourth-order valence-electron chi connectivity index (χ4n) is 2.63. The average molecular weight is 445 g/mol. The molecule has 164 valence electrons. The highest BCUT2D eigenvalue weighted by Gasteiger charge is 2.21. The van der Waals surface area contributed by atoms with Gasteiger partial charge in [0.2, 0.25) is 0 Å². The Labute approximate surface area is 182 Å². The zero-order valence-corrected chi connectivity index (χ0v) is 17.7. The van der Waals surface area contributed by atoms with Gasteiger partial charge >= 0.3 is 17.9 Å². The fraction of sp³-hybridized carbons (Fsp3) is 0.273. The van der Waals surface area contributed by atoms with Gasteiger partial charge in [0.1, 0.15) is 5.52 Å². The molecule has 0 aliphatic carbocycles. The number of aromatic nitrogens is 1. The third kappa shape index (κ3) is 7.78. The van der Waals surface area contributed by atoms with Crippen molar-refractivity contribution in [2.45, 2.75) is 31.4 Å². The van der Waals surface area contributed by atoms with E-state index in [4.69, 9.17) is 19.7 Å². The first-order chi connectivity index (χ1) is 14.8. The Balaban J connectivity index is 0.000000231. The molecule has 0 bridgehead atoms. The van der Waals surface area contributed by atoms with Gasteiger partial charge in [0.25, 0.3) is 5.22 Å². The Morgan fingerprint density at radius 3 is 2.26 bits per heavy atom. The maximum Gasteiger partial charge on any atom is 0.335 e. The molecule has 0 fully saturated rings. The maximum atomic E-state index is 10.9. The van der Waals surface area contributed by atoms with Gasteiger partial charge in [0.05, 0.1) is 17.9 Å². The van der Waals surface area contributed by atoms with Crippen molar-refractivity contribution >= 4 is 40.8 Å². The molecule has 0 aliphatic heterocycles. The van der Waals surface area contributed by atoms with E-state index in [1.807, 2.05) is 24.3 Å². The Kier molecular flexibility index (Phi) is 9.08. The first kappa shape index (κ1) is 23.9. The molecular formula is C22H23NO7S. The van der Waals surface area contributed by atoms with Crippen LogP contribution in [0, 0.1) is 5.92 Å². The van der Waals surface area contributed by atoms with Crippen molar-refractivity contribution in [2.75, 3.05) is 5.75 Å². The smallest absolute Gasteiger partial charge is 0.335 e. The van der Waals surface area contributed by atoms with E-state index in [0.717, 1.165) is 28.5 Å². The van der Waals surface area contributed by atoms with Crippen molar-refractivity contribution in [3.05, 3.63) is 59.7 Å². The van der Waals surface area contributed by atoms with E-state index in [9.17, 15) is 14.4 Å². The number of para-hydroxylation sites is 2. The van der Waals surface area contributed by atoms with Crippen LogP contribution in [0.25, 0.3) is 11.1 Å². The van der Waals surface area contributed by atoms with Gasteiger partial charge in [-0.3, -0.25) is 9.59 Å². The van der Waals surface area contributed by atoms with Crippen LogP contribution in [-0.4, -0.2) is 44.0 Å². The van der Waals surface area contributed by atoms with E-state index >= 15 is 0 Å². The molecule has 0 saturated carbocycles. The number of aromatic carboxylic acids is 1. The molecule has 0 spiro atoms. The molecule has 8 nitrogen and oxygen atoms in total. The highest BCUT2D eigenvalue weighted by atomic mass is 32.2. The van der Waals surface area contributed by atoms with Crippen LogP contribution in [0.3, 0.4) is 0 Å². The summed E-state index contributed by atoms with van der Waals surface area (Å²) in [5, 5.41) is 26.9. The summed E-state index contributed by atoms with van der Waals surface area (Å²) < 4.78 is 5.52. The molecule has 1 aromatic heterocycles. The first-order valence-corrected chi connectivity index (χ1v) is 10.5. The number of aliphatic carboxylic acids is 2. The average Bonchev–Trinajstić information content (AvgIpc) is 3.15. The number of oxazole rings is 1. The molecule has 3 rings (SSSR count). The van der Waals surface area contributed by atoms with Crippen LogP contribution >= 0.6 is 11.8 Å². The van der Waals surface area contributed by atoms with Crippen LogP contribution in [0.15, 0.2) is 58.2 Å². The van der Waals surface area contributed by atoms with Gasteiger partial charge < -0.3 is 19.7 Å². The van der Waals surface area contributed by atoms with E-state index < -0.39 is 30.2 Å². The molecule has 1 atom stereocenters. The van der Waals surface area contributed by atoms with E-state index in [2.05, 4.69) is 11.9 Å². The number of carboxylic acids is 3. The molecular weight excluding hydrogens is 422 g/mol. The Hall–Kier alpha value is -3.33. The summed E-state index contributed by atoms with van der Waals surface area (Å²) >= 11 is 1.67. The summed E-state index contributed by atoms with van der Waals surface area (Å²) in [5.41, 5.74) is 2.51. The molecule has 0 amide bonds. The van der Waals surface area contributed by atoms with Crippen molar-refractivity contribution in [1.29, 1.82) is 0 Å². The second-order valence-electron chi connectivity index (χ2n) is 6.64. The molecule has 1 unspecified atom stereocenters. The van der Waals surface area contributed by atoms with Crippen molar-refractivity contribution < 1.29 is 34.1 Å². The van der Waals surface area contributed by atoms with Gasteiger partial charge in [-0.25, -0.2) is 9.78 Å². The van der Waals surface area contributed by atoms with Crippen LogP contribution in [0.2, 0.25) is 0 Å². The largest absolute Gasteiger partial charge is 0.481 e. The maximum absolute atomic E-state index is 10.9. The highest BCUT2D eigenvalue weighted by molar-refractivity contribution is 7.99. The summed E-state index contributed by atoms with van der Waals surface area (Å²) in [4.78, 5) is 36.3. The van der Waals surface area contributed by atoms with Crippen LogP contribution in [0.4, 0.5) is 0 Å². The monoisotopic (exact) mass is 445 g/mol. The second-order valence-corrected chi connectivity index (χ2v) is 7.68. The Morgan fingerprint density at radius 2 is 1.71 bits per heavy atom. The third-order valence-electron chi connectivity index (χ3n) is 4.16. The summed E-state index contributed by atoms with van der Waals surface area (Å²) in [5.74, 6) is -3.38. The lowest BCUT2D eigenvalue weighted by Crippen LogP contribution is -2.20. The number of carboxylic acid groups (broad SMARTS) is 3. The predicted octanol–water partition coefficient (Wildman–Crippen LogP) is 4.43. The molecule has 9 heteroatoms. The Bertz CT molecular complexity index is 997. The Morgan fingerprint density at radius 1 is 1.03 bits per heavy atom. The lowest BCUT2D eigenvalue weighted by Gasteiger charge is -2.09. The minimum atomic E-state index is -1.18. The van der Waals surface area contributed by atoms with Gasteiger partial charge in [-0.15, -0.1) is 0 Å². The SMILES string of the molecule is CCCSc1nc2ccccc2o1.O=C(O)CC(Cc1ccc(C(=O)O)cc1)C(=O)O. The van der Waals surface area contributed by atoms with Crippen molar-refractivity contribution in [3.8, 4) is 0 Å². The summed E-state index contributed by atoms with van der Waals surface area (Å²) in [6.07, 6.45) is 0.737. The van der Waals surface area contributed by atoms with E-state index in [-0.39, 0.29) is 12.0 Å². The van der Waals surface area contributed by atoms with E-state index in [1.165, 1.54) is 24.3 Å². The fourth-order valence-corrected chi connectivity index (χ4v) is 3.32. The minimum absolute atomic E-state index is 0.0571. The molecule has 1 heterocycles. The van der Waals surface area contributed by atoms with Gasteiger partial charge in [0.15, 0.2) is 5.58 Å². The number of nitrogens with zero attached hydrogens (tertiary/aromatic N) is 1. The number of fused-ring (bicyclic) bond motifs is 1. The zero-order chi connectivity index (χ0) is 22.8. The quantitative estimate of drug-likeness (QED) is 0.408. The van der Waals surface area contributed by atoms with Crippen molar-refractivity contribution in [3.63, 3.8) is 0 Å². The molecule has 0 radical (unpaired) electrons. The molecule has 3 aromatic rings. The van der Waals surface area contributed by atoms with Gasteiger partial charge in [-0.1, -0.05) is 43.0 Å². The molecule has 31 heavy (non-hydrogen) atoms.